The zero-order valence-electron chi connectivity index (χ0n) is 34.8. The van der Waals surface area contributed by atoms with Gasteiger partial charge in [0.2, 0.25) is 0 Å². The number of halogens is 1. The van der Waals surface area contributed by atoms with E-state index in [9.17, 15) is 0 Å². The van der Waals surface area contributed by atoms with Gasteiger partial charge in [-0.1, -0.05) is 117 Å². The molecule has 0 atom stereocenters. The van der Waals surface area contributed by atoms with Crippen LogP contribution in [0.3, 0.4) is 0 Å². The molecular formula is C59H40FN3. The van der Waals surface area contributed by atoms with Crippen LogP contribution in [0, 0.1) is 5.82 Å². The van der Waals surface area contributed by atoms with Gasteiger partial charge >= 0.3 is 0 Å². The third-order valence-corrected chi connectivity index (χ3v) is 13.3. The Bertz CT molecular complexity index is 3480. The van der Waals surface area contributed by atoms with Crippen molar-refractivity contribution in [2.45, 2.75) is 19.3 Å². The van der Waals surface area contributed by atoms with E-state index < -0.39 is 0 Å². The zero-order chi connectivity index (χ0) is 42.2. The van der Waals surface area contributed by atoms with Crippen LogP contribution in [-0.2, 0) is 5.41 Å². The molecule has 12 rings (SSSR count). The Balaban J connectivity index is 0.977. The maximum atomic E-state index is 15.9. The van der Waals surface area contributed by atoms with Crippen molar-refractivity contribution in [2.24, 2.45) is 0 Å². The van der Waals surface area contributed by atoms with Crippen LogP contribution in [0.2, 0.25) is 0 Å². The van der Waals surface area contributed by atoms with Crippen molar-refractivity contribution in [2.75, 3.05) is 4.90 Å². The summed E-state index contributed by atoms with van der Waals surface area (Å²) in [5.41, 5.74) is 16.3. The highest BCUT2D eigenvalue weighted by Crippen LogP contribution is 2.51. The van der Waals surface area contributed by atoms with E-state index >= 15 is 4.39 Å². The average molecular weight is 810 g/mol. The molecule has 2 heterocycles. The molecule has 0 spiro atoms. The highest BCUT2D eigenvalue weighted by Gasteiger charge is 2.36. The van der Waals surface area contributed by atoms with Crippen LogP contribution in [0.15, 0.2) is 207 Å². The lowest BCUT2D eigenvalue weighted by atomic mass is 9.82. The second-order valence-electron chi connectivity index (χ2n) is 17.2. The van der Waals surface area contributed by atoms with Gasteiger partial charge in [-0.05, 0) is 178 Å². The molecule has 1 aliphatic carbocycles. The average Bonchev–Trinajstić information content (AvgIpc) is 3.57. The number of benzene rings is 9. The molecule has 63 heavy (non-hydrogen) atoms. The molecule has 0 fully saturated rings. The predicted octanol–water partition coefficient (Wildman–Crippen LogP) is 16.0. The Kier molecular flexibility index (Phi) is 8.38. The van der Waals surface area contributed by atoms with Gasteiger partial charge in [-0.2, -0.15) is 0 Å². The maximum Gasteiger partial charge on any atom is 0.147 e. The monoisotopic (exact) mass is 809 g/mol. The summed E-state index contributed by atoms with van der Waals surface area (Å²) in [6.45, 7) is 4.56. The molecule has 0 N–H and O–H groups in total. The minimum atomic E-state index is -0.270. The molecule has 0 radical (unpaired) electrons. The van der Waals surface area contributed by atoms with E-state index in [1.165, 1.54) is 66.2 Å². The first-order valence-electron chi connectivity index (χ1n) is 21.5. The molecule has 0 saturated heterocycles. The second kappa shape index (κ2) is 14.3. The Morgan fingerprint density at radius 2 is 0.905 bits per heavy atom. The minimum Gasteiger partial charge on any atom is -0.308 e. The van der Waals surface area contributed by atoms with Crippen LogP contribution in [0.1, 0.15) is 25.0 Å². The summed E-state index contributed by atoms with van der Waals surface area (Å²) in [5.74, 6) is -0.270. The number of anilines is 3. The van der Waals surface area contributed by atoms with E-state index in [0.29, 0.717) is 5.69 Å². The SMILES string of the molecule is CC1(C)c2ccccc2-c2ccc(N(c3ccc(-c4ccc5ccc6c(-c7cc(-c8ccncc8)cc(-c8ccncc8)c7)ccc7ccc4c5c76)cc3)c3ccccc3F)cc21. The number of pyridine rings is 2. The predicted molar refractivity (Wildman–Crippen MR) is 260 cm³/mol. The molecule has 0 amide bonds. The van der Waals surface area contributed by atoms with Crippen LogP contribution in [0.5, 0.6) is 0 Å². The molecule has 0 bridgehead atoms. The first-order chi connectivity index (χ1) is 30.9. The van der Waals surface area contributed by atoms with Gasteiger partial charge in [-0.25, -0.2) is 4.39 Å². The summed E-state index contributed by atoms with van der Waals surface area (Å²) < 4.78 is 15.9. The van der Waals surface area contributed by atoms with Crippen molar-refractivity contribution in [3.8, 4) is 55.6 Å². The van der Waals surface area contributed by atoms with Gasteiger partial charge < -0.3 is 4.90 Å². The summed E-state index contributed by atoms with van der Waals surface area (Å²) in [4.78, 5) is 10.6. The van der Waals surface area contributed by atoms with Crippen LogP contribution in [-0.4, -0.2) is 9.97 Å². The van der Waals surface area contributed by atoms with Gasteiger partial charge in [0, 0.05) is 41.6 Å². The summed E-state index contributed by atoms with van der Waals surface area (Å²) in [6.07, 6.45) is 7.40. The molecule has 0 saturated carbocycles. The normalized spacial score (nSPS) is 12.8. The van der Waals surface area contributed by atoms with Gasteiger partial charge in [0.1, 0.15) is 5.82 Å². The summed E-state index contributed by atoms with van der Waals surface area (Å²) in [5, 5.41) is 7.34. The van der Waals surface area contributed by atoms with E-state index in [0.717, 1.165) is 50.3 Å². The molecular weight excluding hydrogens is 770 g/mol. The van der Waals surface area contributed by atoms with E-state index in [1.807, 2.05) is 41.8 Å². The fourth-order valence-corrected chi connectivity index (χ4v) is 10.2. The van der Waals surface area contributed by atoms with Crippen LogP contribution >= 0.6 is 0 Å². The summed E-state index contributed by atoms with van der Waals surface area (Å²) in [6, 6.07) is 64.1. The molecule has 2 aromatic heterocycles. The van der Waals surface area contributed by atoms with Gasteiger partial charge in [0.25, 0.3) is 0 Å². The standard InChI is InChI=1S/C59H40FN3/c1-59(2)53-8-4-3-7-49(53)50-24-19-46(36-54(50)59)63(56-10-6-5-9-55(56)60)45-17-11-39(12-18-45)47-20-13-40-16-23-52-48(21-14-41-15-22-51(47)57(40)58(41)52)44-34-42(37-25-29-61-30-26-37)33-43(35-44)38-27-31-62-32-28-38/h3-36H,1-2H3. The topological polar surface area (TPSA) is 29.0 Å². The van der Waals surface area contributed by atoms with Gasteiger partial charge in [-0.3, -0.25) is 9.97 Å². The number of fused-ring (bicyclic) bond motifs is 3. The van der Waals surface area contributed by atoms with E-state index in [2.05, 4.69) is 182 Å². The van der Waals surface area contributed by atoms with Gasteiger partial charge in [0.05, 0.1) is 5.69 Å². The molecule has 4 heteroatoms. The third kappa shape index (κ3) is 5.94. The summed E-state index contributed by atoms with van der Waals surface area (Å²) >= 11 is 0. The highest BCUT2D eigenvalue weighted by molar-refractivity contribution is 6.27. The van der Waals surface area contributed by atoms with E-state index in [4.69, 9.17) is 0 Å². The number of nitrogens with zero attached hydrogens (tertiary/aromatic N) is 3. The van der Waals surface area contributed by atoms with Crippen molar-refractivity contribution >= 4 is 49.4 Å². The van der Waals surface area contributed by atoms with E-state index in [1.54, 1.807) is 6.07 Å². The lowest BCUT2D eigenvalue weighted by molar-refractivity contribution is 0.628. The smallest absolute Gasteiger partial charge is 0.147 e. The van der Waals surface area contributed by atoms with Crippen molar-refractivity contribution < 1.29 is 4.39 Å². The maximum absolute atomic E-state index is 15.9. The minimum absolute atomic E-state index is 0.185. The van der Waals surface area contributed by atoms with Crippen molar-refractivity contribution in [1.29, 1.82) is 0 Å². The number of aromatic nitrogens is 2. The Morgan fingerprint density at radius 3 is 1.54 bits per heavy atom. The number of hydrogen-bond acceptors (Lipinski definition) is 3. The molecule has 9 aromatic carbocycles. The molecule has 11 aromatic rings. The Hall–Kier alpha value is -7.95. The fourth-order valence-electron chi connectivity index (χ4n) is 10.2. The van der Waals surface area contributed by atoms with Crippen molar-refractivity contribution in [3.63, 3.8) is 0 Å². The quantitative estimate of drug-likeness (QED) is 0.150. The molecule has 0 aliphatic heterocycles. The lowest BCUT2D eigenvalue weighted by Gasteiger charge is -2.28. The Morgan fingerprint density at radius 1 is 0.397 bits per heavy atom. The molecule has 0 unspecified atom stereocenters. The van der Waals surface area contributed by atoms with Gasteiger partial charge in [0.15, 0.2) is 0 Å². The number of rotatable bonds is 7. The van der Waals surface area contributed by atoms with Gasteiger partial charge in [-0.15, -0.1) is 0 Å². The first-order valence-corrected chi connectivity index (χ1v) is 21.5. The van der Waals surface area contributed by atoms with Crippen molar-refractivity contribution in [3.05, 3.63) is 224 Å². The first kappa shape index (κ1) is 36.9. The molecule has 1 aliphatic rings. The highest BCUT2D eigenvalue weighted by atomic mass is 19.1. The van der Waals surface area contributed by atoms with Crippen LogP contribution in [0.4, 0.5) is 21.5 Å². The molecule has 298 valence electrons. The number of para-hydroxylation sites is 1. The largest absolute Gasteiger partial charge is 0.308 e. The van der Waals surface area contributed by atoms with Crippen LogP contribution < -0.4 is 4.90 Å². The van der Waals surface area contributed by atoms with Crippen LogP contribution in [0.25, 0.3) is 88.0 Å². The Labute approximate surface area is 365 Å². The van der Waals surface area contributed by atoms with E-state index in [-0.39, 0.29) is 11.2 Å². The molecule has 3 nitrogen and oxygen atoms in total. The zero-order valence-corrected chi connectivity index (χ0v) is 34.8. The fraction of sp³-hybridized carbons (Fsp3) is 0.0508. The van der Waals surface area contributed by atoms with Crippen molar-refractivity contribution in [1.82, 2.24) is 9.97 Å². The number of hydrogen-bond donors (Lipinski definition) is 0. The third-order valence-electron chi connectivity index (χ3n) is 13.3. The summed E-state index contributed by atoms with van der Waals surface area (Å²) in [7, 11) is 0. The second-order valence-corrected chi connectivity index (χ2v) is 17.2. The lowest BCUT2D eigenvalue weighted by Crippen LogP contribution is -2.17.